The third kappa shape index (κ3) is 4.04. The zero-order chi connectivity index (χ0) is 16.3. The summed E-state index contributed by atoms with van der Waals surface area (Å²) >= 11 is 0. The molecule has 1 aromatic heterocycles. The first-order valence-corrected chi connectivity index (χ1v) is 8.65. The number of nitrogens with one attached hydrogen (secondary N) is 1. The first kappa shape index (κ1) is 16.4. The molecule has 2 rings (SSSR count). The molecule has 1 atom stereocenters. The largest absolute Gasteiger partial charge is 0.480 e. The van der Waals surface area contributed by atoms with Crippen molar-refractivity contribution in [1.82, 2.24) is 14.1 Å². The Kier molecular flexibility index (Phi) is 4.81. The lowest BCUT2D eigenvalue weighted by atomic mass is 10.0. The summed E-state index contributed by atoms with van der Waals surface area (Å²) in [4.78, 5) is 22.9. The van der Waals surface area contributed by atoms with E-state index in [1.165, 1.54) is 21.3 Å². The number of piperidine rings is 1. The molecule has 1 aliphatic heterocycles. The van der Waals surface area contributed by atoms with Crippen LogP contribution in [0.15, 0.2) is 12.3 Å². The number of carbonyl (C=O) groups excluding carboxylic acids is 1. The summed E-state index contributed by atoms with van der Waals surface area (Å²) in [6.45, 7) is 0.0130. The van der Waals surface area contributed by atoms with Crippen LogP contribution in [0.5, 0.6) is 0 Å². The zero-order valence-corrected chi connectivity index (χ0v) is 12.9. The predicted molar refractivity (Wildman–Crippen MR) is 77.7 cm³/mol. The number of nitrogens with zero attached hydrogens (tertiary/aromatic N) is 3. The highest BCUT2D eigenvalue weighted by Crippen LogP contribution is 2.21. The SMILES string of the molecule is CS(=O)(=O)N1CCCC[C@H]1C(=O)Nc1ccn(CC(=O)O)n1. The van der Waals surface area contributed by atoms with E-state index in [9.17, 15) is 18.0 Å². The van der Waals surface area contributed by atoms with Gasteiger partial charge in [0.15, 0.2) is 5.82 Å². The molecule has 1 fully saturated rings. The third-order valence-corrected chi connectivity index (χ3v) is 4.66. The first-order chi connectivity index (χ1) is 10.3. The molecule has 0 saturated carbocycles. The molecule has 1 amide bonds. The molecule has 10 heteroatoms. The summed E-state index contributed by atoms with van der Waals surface area (Å²) in [5, 5.41) is 15.1. The van der Waals surface area contributed by atoms with Crippen molar-refractivity contribution in [2.75, 3.05) is 18.1 Å². The van der Waals surface area contributed by atoms with Gasteiger partial charge in [-0.05, 0) is 12.8 Å². The first-order valence-electron chi connectivity index (χ1n) is 6.80. The summed E-state index contributed by atoms with van der Waals surface area (Å²) in [6, 6.07) is 0.711. The van der Waals surface area contributed by atoms with Crippen molar-refractivity contribution in [3.05, 3.63) is 12.3 Å². The van der Waals surface area contributed by atoms with Crippen LogP contribution in [0.4, 0.5) is 5.82 Å². The lowest BCUT2D eigenvalue weighted by Gasteiger charge is -2.32. The van der Waals surface area contributed by atoms with Crippen LogP contribution in [-0.2, 0) is 26.2 Å². The number of aliphatic carboxylic acids is 1. The smallest absolute Gasteiger partial charge is 0.325 e. The molecule has 9 nitrogen and oxygen atoms in total. The van der Waals surface area contributed by atoms with Crippen molar-refractivity contribution in [1.29, 1.82) is 0 Å². The average Bonchev–Trinajstić information content (AvgIpc) is 2.84. The number of carboxylic acid groups (broad SMARTS) is 1. The lowest BCUT2D eigenvalue weighted by Crippen LogP contribution is -2.49. The highest BCUT2D eigenvalue weighted by Gasteiger charge is 2.34. The molecule has 0 spiro atoms. The third-order valence-electron chi connectivity index (χ3n) is 3.37. The Hall–Kier alpha value is -1.94. The van der Waals surface area contributed by atoms with Crippen LogP contribution in [-0.4, -0.2) is 58.3 Å². The van der Waals surface area contributed by atoms with Gasteiger partial charge in [-0.15, -0.1) is 0 Å². The molecule has 1 saturated heterocycles. The minimum Gasteiger partial charge on any atom is -0.480 e. The van der Waals surface area contributed by atoms with Crippen LogP contribution in [0.25, 0.3) is 0 Å². The van der Waals surface area contributed by atoms with Crippen molar-refractivity contribution in [2.45, 2.75) is 31.8 Å². The average molecular weight is 330 g/mol. The number of amides is 1. The Labute approximate surface area is 128 Å². The van der Waals surface area contributed by atoms with Gasteiger partial charge in [0.1, 0.15) is 12.6 Å². The molecular weight excluding hydrogens is 312 g/mol. The van der Waals surface area contributed by atoms with E-state index in [0.29, 0.717) is 13.0 Å². The van der Waals surface area contributed by atoms with Crippen LogP contribution >= 0.6 is 0 Å². The van der Waals surface area contributed by atoms with E-state index in [2.05, 4.69) is 10.4 Å². The fourth-order valence-electron chi connectivity index (χ4n) is 2.43. The molecule has 0 radical (unpaired) electrons. The van der Waals surface area contributed by atoms with E-state index in [4.69, 9.17) is 5.11 Å². The Balaban J connectivity index is 2.07. The standard InChI is InChI=1S/C12H18N4O5S/c1-22(20,21)16-6-3-2-4-9(16)12(19)13-10-5-7-15(14-10)8-11(17)18/h5,7,9H,2-4,6,8H2,1H3,(H,17,18)(H,13,14,19)/t9-/m0/s1. The molecule has 1 aromatic rings. The fraction of sp³-hybridized carbons (Fsp3) is 0.583. The van der Waals surface area contributed by atoms with E-state index >= 15 is 0 Å². The number of carbonyl (C=O) groups is 2. The molecule has 1 aliphatic rings. The normalized spacial score (nSPS) is 19.8. The van der Waals surface area contributed by atoms with Crippen LogP contribution in [0.1, 0.15) is 19.3 Å². The van der Waals surface area contributed by atoms with Gasteiger partial charge in [0.25, 0.3) is 0 Å². The number of hydrogen-bond acceptors (Lipinski definition) is 5. The number of carboxylic acids is 1. The van der Waals surface area contributed by atoms with Gasteiger partial charge in [-0.25, -0.2) is 8.42 Å². The Morgan fingerprint density at radius 2 is 2.18 bits per heavy atom. The fourth-order valence-corrected chi connectivity index (χ4v) is 3.55. The van der Waals surface area contributed by atoms with Gasteiger partial charge in [0.05, 0.1) is 6.26 Å². The molecule has 122 valence electrons. The molecule has 0 aromatic carbocycles. The summed E-state index contributed by atoms with van der Waals surface area (Å²) < 4.78 is 25.8. The monoisotopic (exact) mass is 330 g/mol. The van der Waals surface area contributed by atoms with Crippen molar-refractivity contribution in [3.63, 3.8) is 0 Å². The van der Waals surface area contributed by atoms with Gasteiger partial charge in [0.2, 0.25) is 15.9 Å². The van der Waals surface area contributed by atoms with E-state index < -0.39 is 27.9 Å². The van der Waals surface area contributed by atoms with E-state index in [1.54, 1.807) is 0 Å². The van der Waals surface area contributed by atoms with Crippen molar-refractivity contribution in [2.24, 2.45) is 0 Å². The predicted octanol–water partition coefficient (Wildman–Crippen LogP) is -0.280. The summed E-state index contributed by atoms with van der Waals surface area (Å²) in [5.41, 5.74) is 0. The Morgan fingerprint density at radius 3 is 2.82 bits per heavy atom. The van der Waals surface area contributed by atoms with Gasteiger partial charge in [-0.3, -0.25) is 14.3 Å². The maximum Gasteiger partial charge on any atom is 0.325 e. The molecular formula is C12H18N4O5S. The molecule has 22 heavy (non-hydrogen) atoms. The Bertz CT molecular complexity index is 669. The second kappa shape index (κ2) is 6.44. The summed E-state index contributed by atoms with van der Waals surface area (Å²) in [5.74, 6) is -1.30. The van der Waals surface area contributed by atoms with Crippen molar-refractivity contribution in [3.8, 4) is 0 Å². The van der Waals surface area contributed by atoms with Gasteiger partial charge < -0.3 is 10.4 Å². The summed E-state index contributed by atoms with van der Waals surface area (Å²) in [6.07, 6.45) is 4.47. The quantitative estimate of drug-likeness (QED) is 0.766. The van der Waals surface area contributed by atoms with Crippen molar-refractivity contribution >= 4 is 27.7 Å². The Morgan fingerprint density at radius 1 is 1.45 bits per heavy atom. The van der Waals surface area contributed by atoms with Gasteiger partial charge in [0, 0.05) is 18.8 Å². The molecule has 2 N–H and O–H groups in total. The minimum absolute atomic E-state index is 0.199. The maximum absolute atomic E-state index is 12.3. The second-order valence-corrected chi connectivity index (χ2v) is 7.10. The van der Waals surface area contributed by atoms with E-state index in [1.807, 2.05) is 0 Å². The van der Waals surface area contributed by atoms with Gasteiger partial charge in [-0.1, -0.05) is 6.42 Å². The molecule has 0 bridgehead atoms. The maximum atomic E-state index is 12.3. The minimum atomic E-state index is -3.45. The molecule has 0 unspecified atom stereocenters. The van der Waals surface area contributed by atoms with E-state index in [0.717, 1.165) is 19.1 Å². The zero-order valence-electron chi connectivity index (χ0n) is 12.1. The number of anilines is 1. The van der Waals surface area contributed by atoms with Gasteiger partial charge >= 0.3 is 5.97 Å². The van der Waals surface area contributed by atoms with E-state index in [-0.39, 0.29) is 12.4 Å². The molecule has 2 heterocycles. The van der Waals surface area contributed by atoms with Crippen LogP contribution in [0.3, 0.4) is 0 Å². The van der Waals surface area contributed by atoms with Crippen LogP contribution in [0.2, 0.25) is 0 Å². The molecule has 0 aliphatic carbocycles. The second-order valence-electron chi connectivity index (χ2n) is 5.17. The van der Waals surface area contributed by atoms with Crippen LogP contribution in [0, 0.1) is 0 Å². The number of aromatic nitrogens is 2. The number of sulfonamides is 1. The number of rotatable bonds is 5. The highest BCUT2D eigenvalue weighted by atomic mass is 32.2. The van der Waals surface area contributed by atoms with Crippen LogP contribution < -0.4 is 5.32 Å². The summed E-state index contributed by atoms with van der Waals surface area (Å²) in [7, 11) is -3.45. The van der Waals surface area contributed by atoms with Crippen molar-refractivity contribution < 1.29 is 23.1 Å². The lowest BCUT2D eigenvalue weighted by molar-refractivity contribution is -0.137. The topological polar surface area (TPSA) is 122 Å². The highest BCUT2D eigenvalue weighted by molar-refractivity contribution is 7.88. The van der Waals surface area contributed by atoms with Gasteiger partial charge in [-0.2, -0.15) is 9.40 Å². The number of hydrogen-bond donors (Lipinski definition) is 2.